The van der Waals surface area contributed by atoms with Gasteiger partial charge in [-0.05, 0) is 24.0 Å². The summed E-state index contributed by atoms with van der Waals surface area (Å²) in [7, 11) is -4.67. The summed E-state index contributed by atoms with van der Waals surface area (Å²) in [6.45, 7) is 7.31. The van der Waals surface area contributed by atoms with E-state index in [9.17, 15) is 0 Å². The average molecular weight is 352 g/mol. The summed E-state index contributed by atoms with van der Waals surface area (Å²) in [6, 6.07) is 20.6. The highest BCUT2D eigenvalue weighted by atomic mass is 32.3. The normalized spacial score (nSPS) is 9.08. The van der Waals surface area contributed by atoms with Crippen LogP contribution in [0.5, 0.6) is 0 Å². The molecule has 4 N–H and O–H groups in total. The lowest BCUT2D eigenvalue weighted by Gasteiger charge is -1.91. The van der Waals surface area contributed by atoms with Crippen LogP contribution >= 0.6 is 0 Å². The molecule has 132 valence electrons. The van der Waals surface area contributed by atoms with E-state index in [0.717, 1.165) is 12.8 Å². The second-order valence-corrected chi connectivity index (χ2v) is 5.30. The molecule has 0 aliphatic heterocycles. The third-order valence-electron chi connectivity index (χ3n) is 2.45. The van der Waals surface area contributed by atoms with Crippen molar-refractivity contribution in [2.24, 2.45) is 0 Å². The molecule has 2 aromatic carbocycles. The van der Waals surface area contributed by atoms with Gasteiger partial charge in [-0.3, -0.25) is 9.11 Å². The SMILES string of the molecule is C=CCc1ccccc1.C=CCc1ccccc1.O.O=S(=O)(O)O. The molecule has 0 spiro atoms. The summed E-state index contributed by atoms with van der Waals surface area (Å²) in [4.78, 5) is 0. The zero-order valence-electron chi connectivity index (χ0n) is 13.4. The van der Waals surface area contributed by atoms with Crippen LogP contribution in [-0.2, 0) is 23.2 Å². The monoisotopic (exact) mass is 352 g/mol. The van der Waals surface area contributed by atoms with Gasteiger partial charge in [-0.25, -0.2) is 0 Å². The third kappa shape index (κ3) is 17.8. The molecule has 0 unspecified atom stereocenters. The van der Waals surface area contributed by atoms with E-state index in [0.29, 0.717) is 0 Å². The number of benzene rings is 2. The summed E-state index contributed by atoms with van der Waals surface area (Å²) in [5, 5.41) is 0. The summed E-state index contributed by atoms with van der Waals surface area (Å²) in [5.41, 5.74) is 2.65. The van der Waals surface area contributed by atoms with Gasteiger partial charge >= 0.3 is 10.4 Å². The summed E-state index contributed by atoms with van der Waals surface area (Å²) >= 11 is 0. The molecular weight excluding hydrogens is 328 g/mol. The van der Waals surface area contributed by atoms with Crippen LogP contribution < -0.4 is 0 Å². The number of hydrogen-bond donors (Lipinski definition) is 2. The molecule has 0 heterocycles. The molecule has 5 nitrogen and oxygen atoms in total. The molecule has 0 radical (unpaired) electrons. The van der Waals surface area contributed by atoms with Gasteiger partial charge in [0.1, 0.15) is 0 Å². The molecule has 2 rings (SSSR count). The lowest BCUT2D eigenvalue weighted by Crippen LogP contribution is -1.89. The van der Waals surface area contributed by atoms with E-state index in [2.05, 4.69) is 37.4 Å². The predicted molar refractivity (Wildman–Crippen MR) is 98.5 cm³/mol. The Labute approximate surface area is 143 Å². The van der Waals surface area contributed by atoms with Gasteiger partial charge in [-0.2, -0.15) is 8.42 Å². The van der Waals surface area contributed by atoms with Crippen molar-refractivity contribution < 1.29 is 23.0 Å². The number of hydrogen-bond acceptors (Lipinski definition) is 2. The molecular formula is C18H24O5S. The Bertz CT molecular complexity index is 599. The first-order valence-corrected chi connectivity index (χ1v) is 8.26. The van der Waals surface area contributed by atoms with Crippen LogP contribution in [0.1, 0.15) is 11.1 Å². The van der Waals surface area contributed by atoms with Crippen molar-refractivity contribution in [1.82, 2.24) is 0 Å². The van der Waals surface area contributed by atoms with Crippen LogP contribution in [0.3, 0.4) is 0 Å². The molecule has 0 aromatic heterocycles. The fourth-order valence-corrected chi connectivity index (χ4v) is 1.56. The first-order valence-electron chi connectivity index (χ1n) is 6.86. The van der Waals surface area contributed by atoms with Gasteiger partial charge in [0.2, 0.25) is 0 Å². The molecule has 6 heteroatoms. The van der Waals surface area contributed by atoms with E-state index in [4.69, 9.17) is 17.5 Å². The van der Waals surface area contributed by atoms with Crippen LogP contribution in [0.25, 0.3) is 0 Å². The van der Waals surface area contributed by atoms with Gasteiger partial charge in [-0.1, -0.05) is 72.8 Å². The highest BCUT2D eigenvalue weighted by Crippen LogP contribution is 1.99. The van der Waals surface area contributed by atoms with Gasteiger partial charge in [-0.15, -0.1) is 13.2 Å². The molecule has 0 amide bonds. The Morgan fingerprint density at radius 1 is 0.750 bits per heavy atom. The molecule has 0 aliphatic rings. The van der Waals surface area contributed by atoms with Gasteiger partial charge in [0, 0.05) is 0 Å². The summed E-state index contributed by atoms with van der Waals surface area (Å²) in [6.07, 6.45) is 5.77. The van der Waals surface area contributed by atoms with E-state index in [1.807, 2.05) is 48.6 Å². The maximum absolute atomic E-state index is 8.74. The molecule has 0 saturated carbocycles. The largest absolute Gasteiger partial charge is 0.412 e. The van der Waals surface area contributed by atoms with E-state index < -0.39 is 10.4 Å². The molecule has 0 fully saturated rings. The minimum absolute atomic E-state index is 0. The lowest BCUT2D eigenvalue weighted by atomic mass is 10.2. The van der Waals surface area contributed by atoms with Crippen molar-refractivity contribution in [2.45, 2.75) is 12.8 Å². The number of allylic oxidation sites excluding steroid dienone is 2. The lowest BCUT2D eigenvalue weighted by molar-refractivity contribution is 0.381. The molecule has 24 heavy (non-hydrogen) atoms. The molecule has 0 atom stereocenters. The van der Waals surface area contributed by atoms with E-state index in [-0.39, 0.29) is 5.48 Å². The Morgan fingerprint density at radius 3 is 1.21 bits per heavy atom. The standard InChI is InChI=1S/2C9H10.H2O4S.H2O/c2*1-2-6-9-7-4-3-5-8-9;1-5(2,3)4;/h2*2-5,7-8H,1,6H2;(H2,1,2,3,4);1H2. The fourth-order valence-electron chi connectivity index (χ4n) is 1.56. The smallest absolute Gasteiger partial charge is 0.394 e. The Hall–Kier alpha value is -2.25. The highest BCUT2D eigenvalue weighted by Gasteiger charge is 1.85. The second kappa shape index (κ2) is 14.3. The van der Waals surface area contributed by atoms with Crippen LogP contribution in [-0.4, -0.2) is 23.0 Å². The van der Waals surface area contributed by atoms with Crippen molar-refractivity contribution in [2.75, 3.05) is 0 Å². The van der Waals surface area contributed by atoms with Crippen LogP contribution in [0.15, 0.2) is 86.0 Å². The van der Waals surface area contributed by atoms with Crippen molar-refractivity contribution in [3.05, 3.63) is 97.1 Å². The zero-order valence-corrected chi connectivity index (χ0v) is 14.2. The van der Waals surface area contributed by atoms with Crippen LogP contribution in [0, 0.1) is 0 Å². The van der Waals surface area contributed by atoms with Gasteiger partial charge in [0.25, 0.3) is 0 Å². The van der Waals surface area contributed by atoms with Crippen molar-refractivity contribution in [1.29, 1.82) is 0 Å². The van der Waals surface area contributed by atoms with Crippen LogP contribution in [0.2, 0.25) is 0 Å². The van der Waals surface area contributed by atoms with Gasteiger partial charge in [0.05, 0.1) is 0 Å². The quantitative estimate of drug-likeness (QED) is 0.650. The van der Waals surface area contributed by atoms with Crippen molar-refractivity contribution >= 4 is 10.4 Å². The first-order chi connectivity index (χ1) is 10.9. The third-order valence-corrected chi connectivity index (χ3v) is 2.45. The first kappa shape index (κ1) is 24.0. The Morgan fingerprint density at radius 2 is 1.00 bits per heavy atom. The van der Waals surface area contributed by atoms with Crippen molar-refractivity contribution in [3.63, 3.8) is 0 Å². The fraction of sp³-hybridized carbons (Fsp3) is 0.111. The Balaban J connectivity index is 0. The van der Waals surface area contributed by atoms with E-state index in [1.54, 1.807) is 0 Å². The van der Waals surface area contributed by atoms with E-state index in [1.165, 1.54) is 11.1 Å². The van der Waals surface area contributed by atoms with E-state index >= 15 is 0 Å². The molecule has 0 bridgehead atoms. The maximum Gasteiger partial charge on any atom is 0.394 e. The Kier molecular flexibility index (Phi) is 14.4. The predicted octanol–water partition coefficient (Wildman–Crippen LogP) is 3.35. The zero-order chi connectivity index (χ0) is 17.6. The topological polar surface area (TPSA) is 106 Å². The van der Waals surface area contributed by atoms with Crippen molar-refractivity contribution in [3.8, 4) is 0 Å². The minimum Gasteiger partial charge on any atom is -0.412 e. The average Bonchev–Trinajstić information content (AvgIpc) is 2.49. The highest BCUT2D eigenvalue weighted by molar-refractivity contribution is 7.79. The molecule has 0 aliphatic carbocycles. The number of rotatable bonds is 4. The summed E-state index contributed by atoms with van der Waals surface area (Å²) in [5.74, 6) is 0. The maximum atomic E-state index is 8.74. The molecule has 0 saturated heterocycles. The summed E-state index contributed by atoms with van der Waals surface area (Å²) < 4.78 is 31.6. The second-order valence-electron chi connectivity index (χ2n) is 4.40. The van der Waals surface area contributed by atoms with Gasteiger partial charge in [0.15, 0.2) is 0 Å². The molecule has 2 aromatic rings. The minimum atomic E-state index is -4.67. The van der Waals surface area contributed by atoms with Gasteiger partial charge < -0.3 is 5.48 Å². The van der Waals surface area contributed by atoms with Crippen LogP contribution in [0.4, 0.5) is 0 Å².